The molecule has 0 aromatic carbocycles. The van der Waals surface area contributed by atoms with E-state index in [2.05, 4.69) is 17.9 Å². The van der Waals surface area contributed by atoms with Gasteiger partial charge in [0.15, 0.2) is 0 Å². The molecule has 76 valence electrons. The second-order valence-electron chi connectivity index (χ2n) is 3.85. The Labute approximate surface area is 84.6 Å². The maximum Gasteiger partial charge on any atom is 0.233 e. The molecular formula is C9H17NO2S. The van der Waals surface area contributed by atoms with Crippen LogP contribution >= 0.6 is 12.6 Å². The van der Waals surface area contributed by atoms with Gasteiger partial charge in [0.05, 0.1) is 16.9 Å². The minimum Gasteiger partial charge on any atom is -0.376 e. The van der Waals surface area contributed by atoms with Crippen LogP contribution in [-0.4, -0.2) is 29.4 Å². The number of amides is 1. The third-order valence-corrected chi connectivity index (χ3v) is 2.91. The zero-order valence-electron chi connectivity index (χ0n) is 8.33. The summed E-state index contributed by atoms with van der Waals surface area (Å²) >= 11 is 4.08. The Morgan fingerprint density at radius 3 is 2.77 bits per heavy atom. The molecule has 0 aliphatic carbocycles. The van der Waals surface area contributed by atoms with E-state index in [-0.39, 0.29) is 22.8 Å². The molecule has 0 saturated carbocycles. The van der Waals surface area contributed by atoms with Crippen LogP contribution in [0.2, 0.25) is 0 Å². The highest BCUT2D eigenvalue weighted by Gasteiger charge is 2.38. The van der Waals surface area contributed by atoms with Crippen molar-refractivity contribution in [3.05, 3.63) is 0 Å². The van der Waals surface area contributed by atoms with Crippen LogP contribution in [0.25, 0.3) is 0 Å². The normalized spacial score (nSPS) is 35.8. The molecular weight excluding hydrogens is 186 g/mol. The molecule has 1 amide bonds. The van der Waals surface area contributed by atoms with Crippen LogP contribution in [0.3, 0.4) is 0 Å². The average Bonchev–Trinajstić information content (AvgIpc) is 2.32. The summed E-state index contributed by atoms with van der Waals surface area (Å²) in [5.41, 5.74) is -0.214. The molecule has 4 heteroatoms. The fourth-order valence-corrected chi connectivity index (χ4v) is 1.45. The quantitative estimate of drug-likeness (QED) is 0.657. The van der Waals surface area contributed by atoms with Crippen molar-refractivity contribution in [3.8, 4) is 0 Å². The van der Waals surface area contributed by atoms with Crippen molar-refractivity contribution >= 4 is 18.5 Å². The maximum atomic E-state index is 11.4. The highest BCUT2D eigenvalue weighted by atomic mass is 32.1. The van der Waals surface area contributed by atoms with Crippen molar-refractivity contribution in [3.63, 3.8) is 0 Å². The highest BCUT2D eigenvalue weighted by Crippen LogP contribution is 2.25. The summed E-state index contributed by atoms with van der Waals surface area (Å²) in [5, 5.41) is 2.70. The second kappa shape index (κ2) is 3.88. The zero-order valence-corrected chi connectivity index (χ0v) is 9.23. The summed E-state index contributed by atoms with van der Waals surface area (Å²) in [6.45, 7) is 6.48. The summed E-state index contributed by atoms with van der Waals surface area (Å²) < 4.78 is 5.41. The average molecular weight is 203 g/mol. The lowest BCUT2D eigenvalue weighted by atomic mass is 9.94. The topological polar surface area (TPSA) is 38.3 Å². The van der Waals surface area contributed by atoms with E-state index in [0.29, 0.717) is 0 Å². The van der Waals surface area contributed by atoms with Crippen LogP contribution in [0.15, 0.2) is 0 Å². The summed E-state index contributed by atoms with van der Waals surface area (Å²) in [4.78, 5) is 11.4. The van der Waals surface area contributed by atoms with Gasteiger partial charge in [-0.25, -0.2) is 0 Å². The molecule has 3 nitrogen and oxygen atoms in total. The Morgan fingerprint density at radius 2 is 2.38 bits per heavy atom. The van der Waals surface area contributed by atoms with E-state index < -0.39 is 0 Å². The van der Waals surface area contributed by atoms with Gasteiger partial charge in [0.2, 0.25) is 5.91 Å². The molecule has 1 N–H and O–H groups in total. The van der Waals surface area contributed by atoms with Gasteiger partial charge in [-0.05, 0) is 27.2 Å². The van der Waals surface area contributed by atoms with Crippen molar-refractivity contribution in [2.45, 2.75) is 44.1 Å². The van der Waals surface area contributed by atoms with Gasteiger partial charge >= 0.3 is 0 Å². The Hall–Kier alpha value is -0.220. The third-order valence-electron chi connectivity index (χ3n) is 2.67. The van der Waals surface area contributed by atoms with E-state index in [4.69, 9.17) is 4.74 Å². The molecule has 1 heterocycles. The molecule has 3 atom stereocenters. The molecule has 0 bridgehead atoms. The molecule has 3 unspecified atom stereocenters. The third kappa shape index (κ3) is 2.38. The fraction of sp³-hybridized carbons (Fsp3) is 0.889. The minimum atomic E-state index is -0.260. The number of carbonyl (C=O) groups is 1. The molecule has 1 rings (SSSR count). The number of hydrogen-bond donors (Lipinski definition) is 2. The number of carbonyl (C=O) groups excluding carboxylic acids is 1. The first-order valence-electron chi connectivity index (χ1n) is 4.57. The summed E-state index contributed by atoms with van der Waals surface area (Å²) in [7, 11) is 0. The van der Waals surface area contributed by atoms with E-state index in [0.717, 1.165) is 13.0 Å². The van der Waals surface area contributed by atoms with Crippen LogP contribution in [0.5, 0.6) is 0 Å². The van der Waals surface area contributed by atoms with Crippen LogP contribution in [-0.2, 0) is 9.53 Å². The van der Waals surface area contributed by atoms with Crippen molar-refractivity contribution in [1.82, 2.24) is 5.32 Å². The van der Waals surface area contributed by atoms with Gasteiger partial charge in [0.25, 0.3) is 0 Å². The van der Waals surface area contributed by atoms with Crippen molar-refractivity contribution in [2.75, 3.05) is 6.61 Å². The van der Waals surface area contributed by atoms with E-state index in [9.17, 15) is 4.79 Å². The molecule has 1 aliphatic rings. The number of hydrogen-bond acceptors (Lipinski definition) is 3. The predicted molar refractivity (Wildman–Crippen MR) is 55.0 cm³/mol. The monoisotopic (exact) mass is 203 g/mol. The van der Waals surface area contributed by atoms with Gasteiger partial charge < -0.3 is 10.1 Å². The number of thiol groups is 1. The molecule has 13 heavy (non-hydrogen) atoms. The summed E-state index contributed by atoms with van der Waals surface area (Å²) in [6.07, 6.45) is 0.962. The predicted octanol–water partition coefficient (Wildman–Crippen LogP) is 0.988. The highest BCUT2D eigenvalue weighted by molar-refractivity contribution is 7.81. The smallest absolute Gasteiger partial charge is 0.233 e. The van der Waals surface area contributed by atoms with Gasteiger partial charge in [0.1, 0.15) is 0 Å². The number of rotatable bonds is 2. The lowest BCUT2D eigenvalue weighted by Gasteiger charge is -2.29. The summed E-state index contributed by atoms with van der Waals surface area (Å²) in [6, 6.07) is 0. The van der Waals surface area contributed by atoms with Crippen molar-refractivity contribution in [1.29, 1.82) is 0 Å². The summed E-state index contributed by atoms with van der Waals surface area (Å²) in [5.74, 6) is -0.0248. The number of nitrogens with one attached hydrogen (secondary N) is 1. The van der Waals surface area contributed by atoms with Gasteiger partial charge in [0, 0.05) is 6.61 Å². The van der Waals surface area contributed by atoms with Crippen LogP contribution < -0.4 is 5.32 Å². The van der Waals surface area contributed by atoms with E-state index in [1.54, 1.807) is 6.92 Å². The molecule has 0 spiro atoms. The van der Waals surface area contributed by atoms with E-state index in [1.165, 1.54) is 0 Å². The lowest BCUT2D eigenvalue weighted by Crippen LogP contribution is -2.52. The zero-order chi connectivity index (χ0) is 10.1. The van der Waals surface area contributed by atoms with Gasteiger partial charge in [-0.2, -0.15) is 12.6 Å². The second-order valence-corrected chi connectivity index (χ2v) is 4.62. The van der Waals surface area contributed by atoms with Crippen molar-refractivity contribution < 1.29 is 9.53 Å². The van der Waals surface area contributed by atoms with Crippen LogP contribution in [0, 0.1) is 0 Å². The maximum absolute atomic E-state index is 11.4. The molecule has 0 aromatic heterocycles. The van der Waals surface area contributed by atoms with E-state index >= 15 is 0 Å². The molecule has 1 aliphatic heterocycles. The van der Waals surface area contributed by atoms with Gasteiger partial charge in [-0.1, -0.05) is 0 Å². The molecule has 1 fully saturated rings. The first-order chi connectivity index (χ1) is 5.96. The van der Waals surface area contributed by atoms with Gasteiger partial charge in [-0.15, -0.1) is 0 Å². The molecule has 0 aromatic rings. The lowest BCUT2D eigenvalue weighted by molar-refractivity contribution is -0.122. The Bertz CT molecular complexity index is 208. The van der Waals surface area contributed by atoms with Crippen LogP contribution in [0.4, 0.5) is 0 Å². The Morgan fingerprint density at radius 1 is 1.77 bits per heavy atom. The molecule has 0 radical (unpaired) electrons. The number of ether oxygens (including phenoxy) is 1. The van der Waals surface area contributed by atoms with Crippen molar-refractivity contribution in [2.24, 2.45) is 0 Å². The fourth-order valence-electron chi connectivity index (χ4n) is 1.38. The first-order valence-corrected chi connectivity index (χ1v) is 5.09. The Kier molecular flexibility index (Phi) is 3.24. The standard InChI is InChI=1S/C9H17NO2S/c1-6(13)8(11)10-9(3)4-5-12-7(9)2/h6-7,13H,4-5H2,1-3H3,(H,10,11). The van der Waals surface area contributed by atoms with Gasteiger partial charge in [-0.3, -0.25) is 4.79 Å². The molecule has 1 saturated heterocycles. The largest absolute Gasteiger partial charge is 0.376 e. The Balaban J connectivity index is 2.56. The minimum absolute atomic E-state index is 0.0248. The van der Waals surface area contributed by atoms with E-state index in [1.807, 2.05) is 13.8 Å². The first kappa shape index (κ1) is 10.9. The SMILES string of the molecule is CC(S)C(=O)NC1(C)CCOC1C. The van der Waals surface area contributed by atoms with Crippen LogP contribution in [0.1, 0.15) is 27.2 Å².